The van der Waals surface area contributed by atoms with Crippen LogP contribution in [0.1, 0.15) is 271 Å². The van der Waals surface area contributed by atoms with E-state index < -0.39 is 32.5 Å². The fourth-order valence-corrected chi connectivity index (χ4v) is 9.93. The van der Waals surface area contributed by atoms with E-state index in [1.54, 1.807) is 0 Å². The van der Waals surface area contributed by atoms with E-state index in [1.807, 2.05) is 0 Å². The SMILES string of the molecule is CC/C=C\C/C=C\C/C=C\C/C=C\C/C=C\C/C=C\C/C=C\C/C=C\C/C=C\CCCCCCCCCC(=O)OC(COC(=O)CCCCCCCCCCCCCCCC/C=C\C/C=C\C/C=C\C/C=C\C/C=C\C/C=C\CC)COP(=O)(O)OCCN. The van der Waals surface area contributed by atoms with Gasteiger partial charge in [-0.05, 0) is 135 Å². The maximum atomic E-state index is 12.8. The van der Waals surface area contributed by atoms with Crippen molar-refractivity contribution in [2.75, 3.05) is 26.4 Å². The van der Waals surface area contributed by atoms with Gasteiger partial charge in [0.15, 0.2) is 6.10 Å². The topological polar surface area (TPSA) is 134 Å². The standard InChI is InChI=1S/C79H128NO8P/c1-3-5-7-9-11-13-15-17-19-21-23-25-27-29-31-33-35-37-38-40-42-44-46-48-50-52-54-56-58-60-62-64-66-68-70-72-79(82)88-77(76-87-89(83,84)86-74-73-80)75-85-78(81)71-69-67-65-63-61-59-57-55-53-51-49-47-45-43-41-39-36-34-32-30-28-26-24-22-20-18-16-14-12-10-8-6-4-2/h5-8,11-14,17-20,23-26,29-32,35-37,39-40,42,46,48,52,54,77H,3-4,9-10,15-16,21-22,27-28,33-34,38,41,43-45,47,49-51,53,55-76,80H2,1-2H3,(H,83,84)/b7-5-,8-6-,13-11-,14-12-,19-17-,20-18-,25-23-,26-24-,31-29-,32-30-,37-35-,39-36-,42-40-,48-46-,54-52-. The van der Waals surface area contributed by atoms with Crippen LogP contribution in [0.2, 0.25) is 0 Å². The summed E-state index contributed by atoms with van der Waals surface area (Å²) < 4.78 is 33.2. The van der Waals surface area contributed by atoms with Gasteiger partial charge in [0.05, 0.1) is 13.2 Å². The summed E-state index contributed by atoms with van der Waals surface area (Å²) in [5.41, 5.74) is 5.40. The molecule has 9 nitrogen and oxygen atoms in total. The van der Waals surface area contributed by atoms with Gasteiger partial charge in [0.25, 0.3) is 0 Å². The third-order valence-electron chi connectivity index (χ3n) is 14.3. The van der Waals surface area contributed by atoms with Crippen molar-refractivity contribution in [2.24, 2.45) is 5.73 Å². The first-order chi connectivity index (χ1) is 43.8. The predicted octanol–water partition coefficient (Wildman–Crippen LogP) is 23.5. The van der Waals surface area contributed by atoms with E-state index in [1.165, 1.54) is 89.9 Å². The molecule has 0 heterocycles. The third kappa shape index (κ3) is 72.1. The number of esters is 2. The molecule has 0 saturated heterocycles. The van der Waals surface area contributed by atoms with Gasteiger partial charge in [-0.25, -0.2) is 4.57 Å². The zero-order valence-corrected chi connectivity index (χ0v) is 57.2. The summed E-state index contributed by atoms with van der Waals surface area (Å²) in [6.07, 6.45) is 108. The molecule has 2 unspecified atom stereocenters. The molecule has 2 atom stereocenters. The number of hydrogen-bond donors (Lipinski definition) is 2. The van der Waals surface area contributed by atoms with Gasteiger partial charge in [0.2, 0.25) is 0 Å². The van der Waals surface area contributed by atoms with Crippen molar-refractivity contribution < 1.29 is 37.6 Å². The monoisotopic (exact) mass is 1250 g/mol. The summed E-state index contributed by atoms with van der Waals surface area (Å²) in [4.78, 5) is 35.4. The van der Waals surface area contributed by atoms with Gasteiger partial charge in [0, 0.05) is 19.4 Å². The molecule has 0 amide bonds. The van der Waals surface area contributed by atoms with Gasteiger partial charge in [0.1, 0.15) is 6.61 Å². The highest BCUT2D eigenvalue weighted by Crippen LogP contribution is 2.43. The minimum Gasteiger partial charge on any atom is -0.462 e. The highest BCUT2D eigenvalue weighted by molar-refractivity contribution is 7.47. The van der Waals surface area contributed by atoms with Crippen LogP contribution in [0, 0.1) is 0 Å². The summed E-state index contributed by atoms with van der Waals surface area (Å²) in [6.45, 7) is 3.50. The molecule has 0 aliphatic rings. The summed E-state index contributed by atoms with van der Waals surface area (Å²) >= 11 is 0. The van der Waals surface area contributed by atoms with Crippen LogP contribution < -0.4 is 5.73 Å². The van der Waals surface area contributed by atoms with Crippen molar-refractivity contribution in [3.8, 4) is 0 Å². The second-order valence-corrected chi connectivity index (χ2v) is 24.1. The average molecular weight is 1250 g/mol. The first-order valence-corrected chi connectivity index (χ1v) is 36.8. The predicted molar refractivity (Wildman–Crippen MR) is 385 cm³/mol. The van der Waals surface area contributed by atoms with Gasteiger partial charge >= 0.3 is 19.8 Å². The largest absolute Gasteiger partial charge is 0.472 e. The maximum absolute atomic E-state index is 12.8. The van der Waals surface area contributed by atoms with E-state index >= 15 is 0 Å². The van der Waals surface area contributed by atoms with Gasteiger partial charge in [-0.15, -0.1) is 0 Å². The Balaban J connectivity index is 3.98. The van der Waals surface area contributed by atoms with Crippen molar-refractivity contribution in [3.05, 3.63) is 182 Å². The maximum Gasteiger partial charge on any atom is 0.472 e. The number of unbranched alkanes of at least 4 members (excludes halogenated alkanes) is 21. The number of allylic oxidation sites excluding steroid dienone is 30. The van der Waals surface area contributed by atoms with Crippen LogP contribution in [-0.2, 0) is 32.7 Å². The fourth-order valence-electron chi connectivity index (χ4n) is 9.16. The van der Waals surface area contributed by atoms with Crippen molar-refractivity contribution in [1.82, 2.24) is 0 Å². The van der Waals surface area contributed by atoms with Crippen molar-refractivity contribution in [3.63, 3.8) is 0 Å². The van der Waals surface area contributed by atoms with E-state index in [2.05, 4.69) is 196 Å². The van der Waals surface area contributed by atoms with Crippen LogP contribution in [0.4, 0.5) is 0 Å². The molecule has 0 bridgehead atoms. The molecule has 3 N–H and O–H groups in total. The van der Waals surface area contributed by atoms with Crippen molar-refractivity contribution in [2.45, 2.75) is 277 Å². The van der Waals surface area contributed by atoms with Crippen molar-refractivity contribution >= 4 is 19.8 Å². The molecule has 0 radical (unpaired) electrons. The van der Waals surface area contributed by atoms with Crippen LogP contribution in [0.15, 0.2) is 182 Å². The van der Waals surface area contributed by atoms with E-state index in [-0.39, 0.29) is 32.6 Å². The molecule has 0 aromatic rings. The quantitative estimate of drug-likeness (QED) is 0.0264. The lowest BCUT2D eigenvalue weighted by Gasteiger charge is -2.19. The minimum atomic E-state index is -4.41. The Morgan fingerprint density at radius 3 is 0.865 bits per heavy atom. The Morgan fingerprint density at radius 1 is 0.337 bits per heavy atom. The summed E-state index contributed by atoms with van der Waals surface area (Å²) in [7, 11) is -4.41. The van der Waals surface area contributed by atoms with E-state index in [9.17, 15) is 19.0 Å². The molecule has 89 heavy (non-hydrogen) atoms. The number of nitrogens with two attached hydrogens (primary N) is 1. The Morgan fingerprint density at radius 2 is 0.584 bits per heavy atom. The molecule has 0 aliphatic heterocycles. The Bertz CT molecular complexity index is 2110. The number of phosphoric acid groups is 1. The van der Waals surface area contributed by atoms with E-state index in [0.717, 1.165) is 148 Å². The average Bonchev–Trinajstić information content (AvgIpc) is 3.66. The Labute approximate surface area is 545 Å². The molecular weight excluding hydrogens is 1120 g/mol. The van der Waals surface area contributed by atoms with Gasteiger partial charge < -0.3 is 20.1 Å². The zero-order valence-electron chi connectivity index (χ0n) is 56.3. The number of carbonyl (C=O) groups excluding carboxylic acids is 2. The van der Waals surface area contributed by atoms with Crippen LogP contribution in [0.25, 0.3) is 0 Å². The number of rotatable bonds is 64. The fraction of sp³-hybridized carbons (Fsp3) is 0.595. The molecule has 10 heteroatoms. The number of phosphoric ester groups is 1. The molecular formula is C79H128NO8P. The molecule has 0 aromatic heterocycles. The van der Waals surface area contributed by atoms with Gasteiger partial charge in [-0.3, -0.25) is 18.6 Å². The summed E-state index contributed by atoms with van der Waals surface area (Å²) in [5.74, 6) is -0.849. The normalized spacial score (nSPS) is 14.1. The minimum absolute atomic E-state index is 0.0427. The lowest BCUT2D eigenvalue weighted by atomic mass is 10.0. The zero-order chi connectivity index (χ0) is 64.4. The van der Waals surface area contributed by atoms with E-state index in [4.69, 9.17) is 24.3 Å². The summed E-state index contributed by atoms with van der Waals surface area (Å²) in [5, 5.41) is 0. The van der Waals surface area contributed by atoms with Crippen LogP contribution in [-0.4, -0.2) is 49.3 Å². The first-order valence-electron chi connectivity index (χ1n) is 35.3. The molecule has 502 valence electrons. The van der Waals surface area contributed by atoms with Gasteiger partial charge in [-0.1, -0.05) is 305 Å². The Hall–Kier alpha value is -4.89. The highest BCUT2D eigenvalue weighted by atomic mass is 31.2. The van der Waals surface area contributed by atoms with Crippen molar-refractivity contribution in [1.29, 1.82) is 0 Å². The van der Waals surface area contributed by atoms with Crippen LogP contribution >= 0.6 is 7.82 Å². The number of hydrogen-bond acceptors (Lipinski definition) is 8. The Kier molecular flexibility index (Phi) is 68.2. The molecule has 0 rings (SSSR count). The molecule has 0 aliphatic carbocycles. The van der Waals surface area contributed by atoms with Gasteiger partial charge in [-0.2, -0.15) is 0 Å². The molecule has 0 spiro atoms. The van der Waals surface area contributed by atoms with E-state index in [0.29, 0.717) is 6.42 Å². The third-order valence-corrected chi connectivity index (χ3v) is 15.3. The molecule has 0 fully saturated rings. The smallest absolute Gasteiger partial charge is 0.462 e. The molecule has 0 saturated carbocycles. The first kappa shape index (κ1) is 84.1. The van der Waals surface area contributed by atoms with Crippen LogP contribution in [0.3, 0.4) is 0 Å². The van der Waals surface area contributed by atoms with Crippen LogP contribution in [0.5, 0.6) is 0 Å². The highest BCUT2D eigenvalue weighted by Gasteiger charge is 2.26. The number of carbonyl (C=O) groups is 2. The summed E-state index contributed by atoms with van der Waals surface area (Å²) in [6, 6.07) is 0. The lowest BCUT2D eigenvalue weighted by molar-refractivity contribution is -0.161. The lowest BCUT2D eigenvalue weighted by Crippen LogP contribution is -2.29. The number of ether oxygens (including phenoxy) is 2. The molecule has 0 aromatic carbocycles. The second kappa shape index (κ2) is 72.2. The second-order valence-electron chi connectivity index (χ2n) is 22.6.